The highest BCUT2D eigenvalue weighted by atomic mass is 35.5. The zero-order valence-corrected chi connectivity index (χ0v) is 7.76. The van der Waals surface area contributed by atoms with Crippen molar-refractivity contribution in [1.29, 1.82) is 0 Å². The molecule has 1 rings (SSSR count). The summed E-state index contributed by atoms with van der Waals surface area (Å²) in [6.45, 7) is 3.92. The summed E-state index contributed by atoms with van der Waals surface area (Å²) >= 11 is 5.64. The zero-order chi connectivity index (χ0) is 9.14. The smallest absolute Gasteiger partial charge is 0.149 e. The molecule has 0 atom stereocenters. The standard InChI is InChI=1S/C8H10ClN3/c1-5(2)3-6-8(10)11-4-7(9)12-6/h3-4H,1-2H3,(H2,10,11). The van der Waals surface area contributed by atoms with E-state index in [0.717, 1.165) is 5.57 Å². The Morgan fingerprint density at radius 2 is 2.25 bits per heavy atom. The van der Waals surface area contributed by atoms with Crippen LogP contribution in [0.4, 0.5) is 5.82 Å². The van der Waals surface area contributed by atoms with E-state index in [9.17, 15) is 0 Å². The lowest BCUT2D eigenvalue weighted by molar-refractivity contribution is 1.18. The molecule has 0 spiro atoms. The Labute approximate surface area is 76.3 Å². The predicted molar refractivity (Wildman–Crippen MR) is 50.8 cm³/mol. The summed E-state index contributed by atoms with van der Waals surface area (Å²) in [5.41, 5.74) is 7.30. The van der Waals surface area contributed by atoms with Crippen molar-refractivity contribution in [1.82, 2.24) is 9.97 Å². The van der Waals surface area contributed by atoms with E-state index in [1.54, 1.807) is 0 Å². The van der Waals surface area contributed by atoms with Gasteiger partial charge in [0.2, 0.25) is 0 Å². The van der Waals surface area contributed by atoms with Crippen LogP contribution in [0, 0.1) is 0 Å². The average molecular weight is 184 g/mol. The van der Waals surface area contributed by atoms with E-state index in [4.69, 9.17) is 17.3 Å². The monoisotopic (exact) mass is 183 g/mol. The van der Waals surface area contributed by atoms with Gasteiger partial charge in [-0.05, 0) is 19.9 Å². The van der Waals surface area contributed by atoms with Crippen LogP contribution in [-0.2, 0) is 0 Å². The SMILES string of the molecule is CC(C)=Cc1nc(Cl)cnc1N. The first-order valence-corrected chi connectivity index (χ1v) is 3.90. The molecule has 0 saturated heterocycles. The number of aromatic nitrogens is 2. The summed E-state index contributed by atoms with van der Waals surface area (Å²) in [4.78, 5) is 7.88. The van der Waals surface area contributed by atoms with E-state index in [-0.39, 0.29) is 0 Å². The lowest BCUT2D eigenvalue weighted by Crippen LogP contribution is -1.96. The molecule has 0 radical (unpaired) electrons. The first-order valence-electron chi connectivity index (χ1n) is 3.52. The minimum atomic E-state index is 0.358. The molecule has 4 heteroatoms. The molecule has 1 aromatic heterocycles. The van der Waals surface area contributed by atoms with Gasteiger partial charge in [-0.25, -0.2) is 9.97 Å². The summed E-state index contributed by atoms with van der Waals surface area (Å²) in [5, 5.41) is 0.358. The van der Waals surface area contributed by atoms with Gasteiger partial charge in [-0.3, -0.25) is 0 Å². The van der Waals surface area contributed by atoms with E-state index < -0.39 is 0 Å². The summed E-state index contributed by atoms with van der Waals surface area (Å²) in [6.07, 6.45) is 3.27. The van der Waals surface area contributed by atoms with Crippen LogP contribution in [0.1, 0.15) is 19.5 Å². The van der Waals surface area contributed by atoms with Crippen LogP contribution in [0.3, 0.4) is 0 Å². The van der Waals surface area contributed by atoms with Gasteiger partial charge in [-0.2, -0.15) is 0 Å². The molecular weight excluding hydrogens is 174 g/mol. The number of nitrogens with two attached hydrogens (primary N) is 1. The number of hydrogen-bond acceptors (Lipinski definition) is 3. The molecule has 0 amide bonds. The van der Waals surface area contributed by atoms with Crippen molar-refractivity contribution in [3.63, 3.8) is 0 Å². The van der Waals surface area contributed by atoms with Crippen molar-refractivity contribution in [3.8, 4) is 0 Å². The molecule has 1 heterocycles. The van der Waals surface area contributed by atoms with E-state index in [1.807, 2.05) is 19.9 Å². The number of allylic oxidation sites excluding steroid dienone is 1. The third-order valence-corrected chi connectivity index (χ3v) is 1.41. The van der Waals surface area contributed by atoms with Crippen LogP contribution in [0.5, 0.6) is 0 Å². The van der Waals surface area contributed by atoms with E-state index in [1.165, 1.54) is 6.20 Å². The van der Waals surface area contributed by atoms with Gasteiger partial charge in [-0.1, -0.05) is 17.2 Å². The average Bonchev–Trinajstić information content (AvgIpc) is 1.96. The molecular formula is C8H10ClN3. The van der Waals surface area contributed by atoms with Crippen LogP contribution in [0.15, 0.2) is 11.8 Å². The van der Waals surface area contributed by atoms with Gasteiger partial charge in [0.15, 0.2) is 0 Å². The number of anilines is 1. The maximum Gasteiger partial charge on any atom is 0.149 e. The highest BCUT2D eigenvalue weighted by Gasteiger charge is 1.99. The van der Waals surface area contributed by atoms with Crippen LogP contribution in [-0.4, -0.2) is 9.97 Å². The van der Waals surface area contributed by atoms with Gasteiger partial charge in [-0.15, -0.1) is 0 Å². The Kier molecular flexibility index (Phi) is 2.65. The number of rotatable bonds is 1. The van der Waals surface area contributed by atoms with E-state index in [2.05, 4.69) is 9.97 Å². The Morgan fingerprint density at radius 3 is 2.83 bits per heavy atom. The molecule has 0 aromatic carbocycles. The minimum Gasteiger partial charge on any atom is -0.382 e. The fourth-order valence-corrected chi connectivity index (χ4v) is 0.910. The number of halogens is 1. The second-order valence-corrected chi connectivity index (χ2v) is 3.07. The molecule has 0 aliphatic rings. The van der Waals surface area contributed by atoms with Crippen LogP contribution in [0.25, 0.3) is 6.08 Å². The lowest BCUT2D eigenvalue weighted by atomic mass is 10.2. The highest BCUT2D eigenvalue weighted by molar-refractivity contribution is 6.29. The lowest BCUT2D eigenvalue weighted by Gasteiger charge is -1.98. The van der Waals surface area contributed by atoms with Crippen LogP contribution in [0.2, 0.25) is 5.15 Å². The number of hydrogen-bond donors (Lipinski definition) is 1. The quantitative estimate of drug-likeness (QED) is 0.726. The van der Waals surface area contributed by atoms with Crippen molar-refractivity contribution in [3.05, 3.63) is 22.6 Å². The molecule has 0 saturated carbocycles. The van der Waals surface area contributed by atoms with Crippen molar-refractivity contribution < 1.29 is 0 Å². The third-order valence-electron chi connectivity index (χ3n) is 1.23. The Bertz CT molecular complexity index is 316. The summed E-state index contributed by atoms with van der Waals surface area (Å²) in [6, 6.07) is 0. The second kappa shape index (κ2) is 3.54. The van der Waals surface area contributed by atoms with Gasteiger partial charge in [0.1, 0.15) is 16.7 Å². The fourth-order valence-electron chi connectivity index (χ4n) is 0.770. The van der Waals surface area contributed by atoms with Crippen LogP contribution >= 0.6 is 11.6 Å². The molecule has 0 unspecified atom stereocenters. The predicted octanol–water partition coefficient (Wildman–Crippen LogP) is 2.14. The first kappa shape index (κ1) is 9.00. The Hall–Kier alpha value is -1.09. The molecule has 0 aliphatic heterocycles. The van der Waals surface area contributed by atoms with Gasteiger partial charge in [0, 0.05) is 0 Å². The minimum absolute atomic E-state index is 0.358. The maximum absolute atomic E-state index is 5.64. The van der Waals surface area contributed by atoms with Gasteiger partial charge in [0.05, 0.1) is 6.20 Å². The first-order chi connectivity index (χ1) is 5.59. The van der Waals surface area contributed by atoms with Crippen molar-refractivity contribution in [2.75, 3.05) is 5.73 Å². The summed E-state index contributed by atoms with van der Waals surface area (Å²) < 4.78 is 0. The zero-order valence-electron chi connectivity index (χ0n) is 7.00. The molecule has 64 valence electrons. The van der Waals surface area contributed by atoms with Crippen molar-refractivity contribution in [2.24, 2.45) is 0 Å². The number of nitrogen functional groups attached to an aromatic ring is 1. The normalized spacial score (nSPS) is 9.58. The Balaban J connectivity index is 3.14. The van der Waals surface area contributed by atoms with Crippen molar-refractivity contribution >= 4 is 23.5 Å². The molecule has 0 bridgehead atoms. The largest absolute Gasteiger partial charge is 0.382 e. The number of nitrogens with zero attached hydrogens (tertiary/aromatic N) is 2. The third kappa shape index (κ3) is 2.20. The fraction of sp³-hybridized carbons (Fsp3) is 0.250. The van der Waals surface area contributed by atoms with E-state index in [0.29, 0.717) is 16.7 Å². The van der Waals surface area contributed by atoms with Crippen LogP contribution < -0.4 is 5.73 Å². The highest BCUT2D eigenvalue weighted by Crippen LogP contribution is 2.12. The molecule has 1 aromatic rings. The van der Waals surface area contributed by atoms with Crippen molar-refractivity contribution in [2.45, 2.75) is 13.8 Å². The van der Waals surface area contributed by atoms with Gasteiger partial charge >= 0.3 is 0 Å². The maximum atomic E-state index is 5.64. The molecule has 3 nitrogen and oxygen atoms in total. The summed E-state index contributed by atoms with van der Waals surface area (Å²) in [7, 11) is 0. The molecule has 0 aliphatic carbocycles. The Morgan fingerprint density at radius 1 is 1.58 bits per heavy atom. The van der Waals surface area contributed by atoms with Gasteiger partial charge in [0.25, 0.3) is 0 Å². The van der Waals surface area contributed by atoms with Gasteiger partial charge < -0.3 is 5.73 Å². The molecule has 12 heavy (non-hydrogen) atoms. The topological polar surface area (TPSA) is 51.8 Å². The second-order valence-electron chi connectivity index (χ2n) is 2.68. The summed E-state index contributed by atoms with van der Waals surface area (Å²) in [5.74, 6) is 0.403. The molecule has 0 fully saturated rings. The molecule has 2 N–H and O–H groups in total. The van der Waals surface area contributed by atoms with E-state index >= 15 is 0 Å².